The van der Waals surface area contributed by atoms with Gasteiger partial charge in [0.25, 0.3) is 5.91 Å². The predicted octanol–water partition coefficient (Wildman–Crippen LogP) is 2.92. The van der Waals surface area contributed by atoms with Crippen molar-refractivity contribution in [3.63, 3.8) is 0 Å². The van der Waals surface area contributed by atoms with E-state index in [1.54, 1.807) is 30.3 Å². The molecule has 0 bridgehead atoms. The predicted molar refractivity (Wildman–Crippen MR) is 119 cm³/mol. The van der Waals surface area contributed by atoms with Gasteiger partial charge in [0.1, 0.15) is 5.58 Å². The number of hydrogen-bond acceptors (Lipinski definition) is 6. The number of carbonyl (C=O) groups excluding carboxylic acids is 1. The van der Waals surface area contributed by atoms with Gasteiger partial charge in [0.2, 0.25) is 10.0 Å². The van der Waals surface area contributed by atoms with E-state index >= 15 is 0 Å². The molecule has 0 radical (unpaired) electrons. The average Bonchev–Trinajstić information content (AvgIpc) is 3.20. The van der Waals surface area contributed by atoms with Crippen molar-refractivity contribution < 1.29 is 27.1 Å². The summed E-state index contributed by atoms with van der Waals surface area (Å²) in [4.78, 5) is 13.2. The van der Waals surface area contributed by atoms with Crippen molar-refractivity contribution >= 4 is 26.9 Å². The van der Waals surface area contributed by atoms with Crippen LogP contribution in [-0.2, 0) is 32.6 Å². The number of carbonyl (C=O) groups is 1. The van der Waals surface area contributed by atoms with E-state index in [0.717, 1.165) is 5.39 Å². The third-order valence-corrected chi connectivity index (χ3v) is 7.35. The van der Waals surface area contributed by atoms with E-state index in [0.29, 0.717) is 49.6 Å². The maximum Gasteiger partial charge on any atom is 0.287 e. The second-order valence-corrected chi connectivity index (χ2v) is 9.26. The molecule has 1 aromatic heterocycles. The van der Waals surface area contributed by atoms with Gasteiger partial charge in [0.15, 0.2) is 5.76 Å². The van der Waals surface area contributed by atoms with E-state index in [2.05, 4.69) is 5.32 Å². The number of ether oxygens (including phenoxy) is 2. The van der Waals surface area contributed by atoms with Crippen molar-refractivity contribution in [2.75, 3.05) is 32.9 Å². The SMILES string of the molecule is CCOCc1c(C(=O)NCc2ccccc2S(=O)(=O)N2CCOCC2)oc2ccccc12. The monoisotopic (exact) mass is 458 g/mol. The fraction of sp³-hybridized carbons (Fsp3) is 0.348. The van der Waals surface area contributed by atoms with Crippen molar-refractivity contribution in [2.45, 2.75) is 25.0 Å². The molecule has 0 atom stereocenters. The van der Waals surface area contributed by atoms with Crippen LogP contribution in [-0.4, -0.2) is 51.5 Å². The Bertz CT molecular complexity index is 1200. The number of amides is 1. The molecule has 1 fully saturated rings. The summed E-state index contributed by atoms with van der Waals surface area (Å²) in [6.07, 6.45) is 0. The molecular weight excluding hydrogens is 432 g/mol. The van der Waals surface area contributed by atoms with Crippen molar-refractivity contribution in [1.29, 1.82) is 0 Å². The molecule has 170 valence electrons. The fourth-order valence-corrected chi connectivity index (χ4v) is 5.34. The Labute approximate surface area is 187 Å². The standard InChI is InChI=1S/C23H26N2O6S/c1-2-29-16-19-18-8-4-5-9-20(18)31-22(19)23(26)24-15-17-7-3-6-10-21(17)32(27,28)25-11-13-30-14-12-25/h3-10H,2,11-16H2,1H3,(H,24,26). The zero-order valence-electron chi connectivity index (χ0n) is 17.9. The molecule has 1 aliphatic heterocycles. The van der Waals surface area contributed by atoms with Crippen LogP contribution in [0.3, 0.4) is 0 Å². The Balaban J connectivity index is 1.57. The van der Waals surface area contributed by atoms with Gasteiger partial charge in [-0.1, -0.05) is 36.4 Å². The first kappa shape index (κ1) is 22.5. The Morgan fingerprint density at radius 3 is 2.59 bits per heavy atom. The normalized spacial score (nSPS) is 15.2. The second-order valence-electron chi connectivity index (χ2n) is 7.35. The molecule has 4 rings (SSSR count). The number of para-hydroxylation sites is 1. The number of benzene rings is 2. The van der Waals surface area contributed by atoms with Crippen molar-refractivity contribution in [2.24, 2.45) is 0 Å². The first-order chi connectivity index (χ1) is 15.5. The lowest BCUT2D eigenvalue weighted by molar-refractivity contribution is 0.0730. The molecule has 2 heterocycles. The Morgan fingerprint density at radius 2 is 1.81 bits per heavy atom. The second kappa shape index (κ2) is 9.83. The molecule has 1 N–H and O–H groups in total. The molecule has 1 amide bonds. The van der Waals surface area contributed by atoms with Gasteiger partial charge in [-0.05, 0) is 24.6 Å². The summed E-state index contributed by atoms with van der Waals surface area (Å²) in [5, 5.41) is 3.63. The van der Waals surface area contributed by atoms with Crippen LogP contribution < -0.4 is 5.32 Å². The van der Waals surface area contributed by atoms with Crippen LogP contribution in [0, 0.1) is 0 Å². The third kappa shape index (κ3) is 4.56. The van der Waals surface area contributed by atoms with Gasteiger partial charge in [-0.25, -0.2) is 8.42 Å². The molecule has 3 aromatic rings. The smallest absolute Gasteiger partial charge is 0.287 e. The minimum Gasteiger partial charge on any atom is -0.451 e. The molecule has 1 saturated heterocycles. The number of fused-ring (bicyclic) bond motifs is 1. The number of nitrogens with one attached hydrogen (secondary N) is 1. The van der Waals surface area contributed by atoms with Crippen LogP contribution in [0.1, 0.15) is 28.6 Å². The topological polar surface area (TPSA) is 98.1 Å². The Kier molecular flexibility index (Phi) is 6.90. The summed E-state index contributed by atoms with van der Waals surface area (Å²) in [6.45, 7) is 4.04. The number of hydrogen-bond donors (Lipinski definition) is 1. The number of sulfonamides is 1. The van der Waals surface area contributed by atoms with Gasteiger partial charge in [0.05, 0.1) is 24.7 Å². The summed E-state index contributed by atoms with van der Waals surface area (Å²) in [7, 11) is -3.69. The van der Waals surface area contributed by atoms with Crippen LogP contribution in [0.2, 0.25) is 0 Å². The van der Waals surface area contributed by atoms with Crippen LogP contribution in [0.15, 0.2) is 57.8 Å². The minimum absolute atomic E-state index is 0.0453. The number of morpholine rings is 1. The highest BCUT2D eigenvalue weighted by atomic mass is 32.2. The lowest BCUT2D eigenvalue weighted by atomic mass is 10.1. The van der Waals surface area contributed by atoms with E-state index in [4.69, 9.17) is 13.9 Å². The summed E-state index contributed by atoms with van der Waals surface area (Å²) < 4.78 is 44.3. The van der Waals surface area contributed by atoms with Crippen molar-refractivity contribution in [1.82, 2.24) is 9.62 Å². The molecule has 0 aliphatic carbocycles. The Morgan fingerprint density at radius 1 is 1.09 bits per heavy atom. The average molecular weight is 459 g/mol. The van der Waals surface area contributed by atoms with E-state index in [-0.39, 0.29) is 23.8 Å². The van der Waals surface area contributed by atoms with Gasteiger partial charge in [-0.3, -0.25) is 4.79 Å². The van der Waals surface area contributed by atoms with E-state index < -0.39 is 15.9 Å². The van der Waals surface area contributed by atoms with Crippen LogP contribution in [0.25, 0.3) is 11.0 Å². The molecule has 1 aliphatic rings. The zero-order valence-corrected chi connectivity index (χ0v) is 18.7. The van der Waals surface area contributed by atoms with Gasteiger partial charge >= 0.3 is 0 Å². The number of furan rings is 1. The molecule has 2 aromatic carbocycles. The summed E-state index contributed by atoms with van der Waals surface area (Å²) >= 11 is 0. The molecule has 0 saturated carbocycles. The quantitative estimate of drug-likeness (QED) is 0.557. The van der Waals surface area contributed by atoms with Crippen molar-refractivity contribution in [3.05, 3.63) is 65.4 Å². The van der Waals surface area contributed by atoms with Crippen molar-refractivity contribution in [3.8, 4) is 0 Å². The molecular formula is C23H26N2O6S. The van der Waals surface area contributed by atoms with Crippen LogP contribution >= 0.6 is 0 Å². The first-order valence-corrected chi connectivity index (χ1v) is 12.0. The molecule has 0 spiro atoms. The maximum atomic E-state index is 13.1. The van der Waals surface area contributed by atoms with Gasteiger partial charge in [-0.15, -0.1) is 0 Å². The molecule has 32 heavy (non-hydrogen) atoms. The van der Waals surface area contributed by atoms with Crippen LogP contribution in [0.4, 0.5) is 0 Å². The summed E-state index contributed by atoms with van der Waals surface area (Å²) in [6, 6.07) is 14.1. The lowest BCUT2D eigenvalue weighted by Crippen LogP contribution is -2.41. The Hall–Kier alpha value is -2.72. The minimum atomic E-state index is -3.69. The maximum absolute atomic E-state index is 13.1. The van der Waals surface area contributed by atoms with Gasteiger partial charge in [0, 0.05) is 37.2 Å². The highest BCUT2D eigenvalue weighted by Gasteiger charge is 2.28. The number of nitrogens with zero attached hydrogens (tertiary/aromatic N) is 1. The van der Waals surface area contributed by atoms with E-state index in [9.17, 15) is 13.2 Å². The first-order valence-electron chi connectivity index (χ1n) is 10.5. The van der Waals surface area contributed by atoms with E-state index in [1.165, 1.54) is 4.31 Å². The largest absolute Gasteiger partial charge is 0.451 e. The summed E-state index contributed by atoms with van der Waals surface area (Å²) in [5.74, 6) is -0.248. The fourth-order valence-electron chi connectivity index (χ4n) is 3.71. The molecule has 0 unspecified atom stereocenters. The molecule has 9 heteroatoms. The highest BCUT2D eigenvalue weighted by molar-refractivity contribution is 7.89. The van der Waals surface area contributed by atoms with Gasteiger partial charge < -0.3 is 19.2 Å². The van der Waals surface area contributed by atoms with Gasteiger partial charge in [-0.2, -0.15) is 4.31 Å². The zero-order chi connectivity index (χ0) is 22.6. The highest BCUT2D eigenvalue weighted by Crippen LogP contribution is 2.27. The molecule has 8 nitrogen and oxygen atoms in total. The third-order valence-electron chi connectivity index (χ3n) is 5.35. The lowest BCUT2D eigenvalue weighted by Gasteiger charge is -2.27. The van der Waals surface area contributed by atoms with E-state index in [1.807, 2.05) is 25.1 Å². The number of rotatable bonds is 8. The van der Waals surface area contributed by atoms with Crippen LogP contribution in [0.5, 0.6) is 0 Å². The summed E-state index contributed by atoms with van der Waals surface area (Å²) in [5.41, 5.74) is 1.78.